The van der Waals surface area contributed by atoms with Gasteiger partial charge in [-0.05, 0) is 68.7 Å². The van der Waals surface area contributed by atoms with Crippen LogP contribution in [0.4, 0.5) is 0 Å². The molecule has 42 heavy (non-hydrogen) atoms. The van der Waals surface area contributed by atoms with Gasteiger partial charge in [0, 0.05) is 70.6 Å². The third kappa shape index (κ3) is 4.18. The Balaban J connectivity index is 1.22. The Morgan fingerprint density at radius 2 is 0.738 bits per heavy atom. The predicted octanol–water partition coefficient (Wildman–Crippen LogP) is 9.39. The molecule has 0 saturated heterocycles. The minimum Gasteiger partial charge on any atom is -0.264 e. The van der Waals surface area contributed by atoms with Crippen molar-refractivity contribution in [1.29, 1.82) is 0 Å². The fourth-order valence-corrected chi connectivity index (χ4v) is 5.81. The van der Waals surface area contributed by atoms with E-state index >= 15 is 0 Å². The molecule has 0 fully saturated rings. The van der Waals surface area contributed by atoms with Crippen LogP contribution in [0.25, 0.3) is 77.1 Å². The van der Waals surface area contributed by atoms with Crippen LogP contribution in [0.1, 0.15) is 0 Å². The van der Waals surface area contributed by atoms with Gasteiger partial charge in [0.15, 0.2) is 0 Å². The summed E-state index contributed by atoms with van der Waals surface area (Å²) in [6.45, 7) is 0. The monoisotopic (exact) mass is 536 g/mol. The Morgan fingerprint density at radius 3 is 1.14 bits per heavy atom. The molecule has 0 spiro atoms. The molecule has 0 bridgehead atoms. The van der Waals surface area contributed by atoms with E-state index in [-0.39, 0.29) is 0 Å². The van der Waals surface area contributed by atoms with Crippen LogP contribution in [-0.4, -0.2) is 19.9 Å². The van der Waals surface area contributed by atoms with E-state index in [0.29, 0.717) is 0 Å². The second-order valence-corrected chi connectivity index (χ2v) is 10.4. The predicted molar refractivity (Wildman–Crippen MR) is 172 cm³/mol. The second-order valence-electron chi connectivity index (χ2n) is 10.4. The van der Waals surface area contributed by atoms with Crippen LogP contribution < -0.4 is 0 Å². The van der Waals surface area contributed by atoms with Crippen LogP contribution in [-0.2, 0) is 0 Å². The van der Waals surface area contributed by atoms with Gasteiger partial charge in [0.2, 0.25) is 0 Å². The molecular weight excluding hydrogens is 512 g/mol. The van der Waals surface area contributed by atoms with Crippen LogP contribution in [0.2, 0.25) is 0 Å². The van der Waals surface area contributed by atoms with Gasteiger partial charge in [-0.15, -0.1) is 0 Å². The third-order valence-electron chi connectivity index (χ3n) is 7.94. The molecule has 0 N–H and O–H groups in total. The van der Waals surface area contributed by atoms with Crippen molar-refractivity contribution < 1.29 is 0 Å². The summed E-state index contributed by atoms with van der Waals surface area (Å²) in [5, 5.41) is 7.36. The Hall–Kier alpha value is -5.74. The van der Waals surface area contributed by atoms with E-state index in [1.807, 2.05) is 36.9 Å². The Labute approximate surface area is 243 Å². The number of fused-ring (bicyclic) bond motifs is 6. The maximum Gasteiger partial charge on any atom is 0.0702 e. The highest BCUT2D eigenvalue weighted by Crippen LogP contribution is 2.38. The highest BCUT2D eigenvalue weighted by molar-refractivity contribution is 6.26. The lowest BCUT2D eigenvalue weighted by Crippen LogP contribution is -1.89. The number of aromatic nitrogens is 4. The Bertz CT molecular complexity index is 2030. The van der Waals surface area contributed by atoms with Gasteiger partial charge in [-0.1, -0.05) is 72.8 Å². The molecule has 4 aromatic carbocycles. The lowest BCUT2D eigenvalue weighted by atomic mass is 9.91. The van der Waals surface area contributed by atoms with Gasteiger partial charge in [-0.2, -0.15) is 0 Å². The van der Waals surface area contributed by atoms with Crippen molar-refractivity contribution in [2.24, 2.45) is 0 Å². The van der Waals surface area contributed by atoms with E-state index < -0.39 is 0 Å². The van der Waals surface area contributed by atoms with Gasteiger partial charge >= 0.3 is 0 Å². The van der Waals surface area contributed by atoms with E-state index in [4.69, 9.17) is 9.97 Å². The largest absolute Gasteiger partial charge is 0.264 e. The van der Waals surface area contributed by atoms with E-state index in [2.05, 4.69) is 107 Å². The van der Waals surface area contributed by atoms with Crippen molar-refractivity contribution >= 4 is 32.3 Å². The number of hydrogen-bond acceptors (Lipinski definition) is 4. The first-order valence-electron chi connectivity index (χ1n) is 13.9. The van der Waals surface area contributed by atoms with Crippen LogP contribution >= 0.6 is 0 Å². The molecule has 0 radical (unpaired) electrons. The molecule has 0 saturated carbocycles. The topological polar surface area (TPSA) is 51.6 Å². The zero-order chi connectivity index (χ0) is 27.9. The quantitative estimate of drug-likeness (QED) is 0.210. The molecule has 0 aliphatic heterocycles. The Morgan fingerprint density at radius 1 is 0.310 bits per heavy atom. The van der Waals surface area contributed by atoms with Crippen molar-refractivity contribution in [3.05, 3.63) is 146 Å². The minimum absolute atomic E-state index is 0.949. The van der Waals surface area contributed by atoms with Gasteiger partial charge < -0.3 is 0 Å². The summed E-state index contributed by atoms with van der Waals surface area (Å²) in [7, 11) is 0. The lowest BCUT2D eigenvalue weighted by Gasteiger charge is -2.13. The van der Waals surface area contributed by atoms with E-state index in [0.717, 1.165) is 44.8 Å². The molecule has 8 rings (SSSR count). The molecule has 8 aromatic rings. The zero-order valence-corrected chi connectivity index (χ0v) is 22.6. The zero-order valence-electron chi connectivity index (χ0n) is 22.6. The number of benzene rings is 4. The van der Waals surface area contributed by atoms with Crippen molar-refractivity contribution in [1.82, 2.24) is 19.9 Å². The summed E-state index contributed by atoms with van der Waals surface area (Å²) < 4.78 is 0. The molecule has 0 aliphatic rings. The van der Waals surface area contributed by atoms with Crippen LogP contribution in [0.3, 0.4) is 0 Å². The minimum atomic E-state index is 0.949. The number of pyridine rings is 4. The molecule has 0 amide bonds. The first kappa shape index (κ1) is 24.1. The summed E-state index contributed by atoms with van der Waals surface area (Å²) in [6.07, 6.45) is 11.1. The van der Waals surface area contributed by atoms with E-state index in [9.17, 15) is 0 Å². The Kier molecular flexibility index (Phi) is 5.75. The molecule has 0 aliphatic carbocycles. The third-order valence-corrected chi connectivity index (χ3v) is 7.94. The summed E-state index contributed by atoms with van der Waals surface area (Å²) >= 11 is 0. The van der Waals surface area contributed by atoms with Crippen molar-refractivity contribution in [3.8, 4) is 44.8 Å². The molecular formula is C38H24N4. The highest BCUT2D eigenvalue weighted by Gasteiger charge is 2.12. The highest BCUT2D eigenvalue weighted by atomic mass is 14.7. The van der Waals surface area contributed by atoms with Gasteiger partial charge in [-0.3, -0.25) is 19.9 Å². The molecule has 4 heteroatoms. The fourth-order valence-electron chi connectivity index (χ4n) is 5.81. The molecule has 196 valence electrons. The normalized spacial score (nSPS) is 11.3. The van der Waals surface area contributed by atoms with E-state index in [1.54, 1.807) is 12.4 Å². The molecule has 4 nitrogen and oxygen atoms in total. The fraction of sp³-hybridized carbons (Fsp3) is 0. The maximum atomic E-state index is 4.81. The average molecular weight is 537 g/mol. The molecule has 0 unspecified atom stereocenters. The summed E-state index contributed by atoms with van der Waals surface area (Å²) in [6, 6.07) is 38.4. The molecule has 4 aromatic heterocycles. The molecule has 0 atom stereocenters. The lowest BCUT2D eigenvalue weighted by molar-refractivity contribution is 1.30. The van der Waals surface area contributed by atoms with Gasteiger partial charge in [0.1, 0.15) is 0 Å². The van der Waals surface area contributed by atoms with Crippen molar-refractivity contribution in [2.75, 3.05) is 0 Å². The van der Waals surface area contributed by atoms with Crippen molar-refractivity contribution in [3.63, 3.8) is 0 Å². The average Bonchev–Trinajstić information content (AvgIpc) is 3.09. The van der Waals surface area contributed by atoms with Gasteiger partial charge in [0.05, 0.1) is 11.4 Å². The molecule has 4 heterocycles. The number of rotatable bonds is 4. The maximum absolute atomic E-state index is 4.81. The van der Waals surface area contributed by atoms with E-state index in [1.165, 1.54) is 32.3 Å². The van der Waals surface area contributed by atoms with Crippen molar-refractivity contribution in [2.45, 2.75) is 0 Å². The number of nitrogens with zero attached hydrogens (tertiary/aromatic N) is 4. The van der Waals surface area contributed by atoms with Gasteiger partial charge in [0.25, 0.3) is 0 Å². The summed E-state index contributed by atoms with van der Waals surface area (Å²) in [5.74, 6) is 0. The number of hydrogen-bond donors (Lipinski definition) is 0. The van der Waals surface area contributed by atoms with Crippen LogP contribution in [0.15, 0.2) is 146 Å². The first-order valence-corrected chi connectivity index (χ1v) is 13.9. The second kappa shape index (κ2) is 10.0. The SMILES string of the molecule is c1cncc(-c2ccc(-c3ccc4c5ccc(-c6ccc(-c7cccnc7)cn6)cc5c5ccccc5c4c3)nc2)c1. The van der Waals surface area contributed by atoms with Crippen LogP contribution in [0.5, 0.6) is 0 Å². The van der Waals surface area contributed by atoms with Crippen LogP contribution in [0, 0.1) is 0 Å². The first-order chi connectivity index (χ1) is 20.8. The standard InChI is InChI=1S/C38H24N4/c1-2-8-32-31(7-1)35-19-25(37-15-11-29(23-41-37)27-5-3-17-39-21-27)9-13-33(35)34-14-10-26(20-36(32)34)38-16-12-30(24-42-38)28-6-4-18-40-22-28/h1-24H. The summed E-state index contributed by atoms with van der Waals surface area (Å²) in [4.78, 5) is 18.1. The van der Waals surface area contributed by atoms with Gasteiger partial charge in [-0.25, -0.2) is 0 Å². The summed E-state index contributed by atoms with van der Waals surface area (Å²) in [5.41, 5.74) is 8.33. The smallest absolute Gasteiger partial charge is 0.0702 e.